The van der Waals surface area contributed by atoms with Gasteiger partial charge in [0.05, 0.1) is 13.0 Å². The summed E-state index contributed by atoms with van der Waals surface area (Å²) in [5, 5.41) is 9.40. The van der Waals surface area contributed by atoms with Crippen LogP contribution in [0.4, 0.5) is 0 Å². The van der Waals surface area contributed by atoms with Gasteiger partial charge in [-0.3, -0.25) is 4.79 Å². The summed E-state index contributed by atoms with van der Waals surface area (Å²) in [5.41, 5.74) is 3.27. The number of hydrogen-bond acceptors (Lipinski definition) is 3. The van der Waals surface area contributed by atoms with E-state index in [4.69, 9.17) is 0 Å². The van der Waals surface area contributed by atoms with Crippen molar-refractivity contribution in [1.29, 1.82) is 0 Å². The van der Waals surface area contributed by atoms with Crippen molar-refractivity contribution >= 4 is 16.7 Å². The molecule has 1 aromatic heterocycles. The van der Waals surface area contributed by atoms with Crippen LogP contribution in [0.5, 0.6) is 0 Å². The predicted molar refractivity (Wildman–Crippen MR) is 105 cm³/mol. The first-order chi connectivity index (χ1) is 13.3. The second-order valence-electron chi connectivity index (χ2n) is 6.50. The Bertz CT molecular complexity index is 1030. The lowest BCUT2D eigenvalue weighted by Gasteiger charge is -2.09. The number of carbonyl (C=O) groups excluding carboxylic acids is 1. The molecule has 0 bridgehead atoms. The second-order valence-corrected chi connectivity index (χ2v) is 6.50. The largest absolute Gasteiger partial charge is 0.352 e. The number of fused-ring (bicyclic) bond motifs is 1. The molecule has 4 aromatic rings. The zero-order valence-corrected chi connectivity index (χ0v) is 14.9. The van der Waals surface area contributed by atoms with Crippen molar-refractivity contribution in [2.75, 3.05) is 0 Å². The summed E-state index contributed by atoms with van der Waals surface area (Å²) >= 11 is 0. The molecule has 0 fully saturated rings. The van der Waals surface area contributed by atoms with Crippen LogP contribution in [0.1, 0.15) is 16.7 Å². The highest BCUT2D eigenvalue weighted by Gasteiger charge is 2.07. The Labute approximate surface area is 157 Å². The lowest BCUT2D eigenvalue weighted by molar-refractivity contribution is -0.120. The highest BCUT2D eigenvalue weighted by molar-refractivity contribution is 5.90. The molecule has 1 amide bonds. The Kier molecular flexibility index (Phi) is 4.92. The Morgan fingerprint density at radius 2 is 1.70 bits per heavy atom. The normalized spacial score (nSPS) is 10.8. The summed E-state index contributed by atoms with van der Waals surface area (Å²) in [5.74, 6) is 0.0260. The molecule has 0 saturated carbocycles. The van der Waals surface area contributed by atoms with E-state index in [2.05, 4.69) is 33.6 Å². The number of benzene rings is 3. The van der Waals surface area contributed by atoms with E-state index in [1.54, 1.807) is 11.0 Å². The molecule has 0 spiro atoms. The van der Waals surface area contributed by atoms with E-state index in [1.807, 2.05) is 48.5 Å². The van der Waals surface area contributed by atoms with Crippen LogP contribution in [0.3, 0.4) is 0 Å². The van der Waals surface area contributed by atoms with E-state index in [0.717, 1.165) is 27.5 Å². The van der Waals surface area contributed by atoms with Crippen LogP contribution in [0, 0.1) is 0 Å². The number of nitrogens with one attached hydrogen (secondary N) is 1. The molecule has 0 atom stereocenters. The lowest BCUT2D eigenvalue weighted by atomic mass is 10.0. The molecular formula is C22H20N4O. The first kappa shape index (κ1) is 17.0. The van der Waals surface area contributed by atoms with Gasteiger partial charge in [0.1, 0.15) is 12.7 Å². The fourth-order valence-electron chi connectivity index (χ4n) is 3.15. The van der Waals surface area contributed by atoms with Crippen molar-refractivity contribution in [3.8, 4) is 0 Å². The van der Waals surface area contributed by atoms with Crippen LogP contribution in [-0.4, -0.2) is 20.7 Å². The van der Waals surface area contributed by atoms with Crippen molar-refractivity contribution in [1.82, 2.24) is 20.1 Å². The third-order valence-electron chi connectivity index (χ3n) is 4.55. The molecule has 1 N–H and O–H groups in total. The van der Waals surface area contributed by atoms with Gasteiger partial charge in [0.25, 0.3) is 0 Å². The number of amides is 1. The van der Waals surface area contributed by atoms with Crippen molar-refractivity contribution in [2.45, 2.75) is 19.5 Å². The first-order valence-electron chi connectivity index (χ1n) is 8.91. The van der Waals surface area contributed by atoms with Crippen LogP contribution in [0.2, 0.25) is 0 Å². The lowest BCUT2D eigenvalue weighted by Crippen LogP contribution is -2.24. The van der Waals surface area contributed by atoms with Gasteiger partial charge in [0.2, 0.25) is 5.91 Å². The molecular weight excluding hydrogens is 336 g/mol. The number of rotatable bonds is 6. The molecule has 5 heteroatoms. The molecule has 0 radical (unpaired) electrons. The number of hydrogen-bond donors (Lipinski definition) is 1. The van der Waals surface area contributed by atoms with Crippen LogP contribution in [0.15, 0.2) is 79.4 Å². The Balaban J connectivity index is 1.35. The number of nitrogens with zero attached hydrogens (tertiary/aromatic N) is 3. The van der Waals surface area contributed by atoms with E-state index in [9.17, 15) is 4.79 Å². The van der Waals surface area contributed by atoms with Gasteiger partial charge in [-0.05, 0) is 27.5 Å². The molecule has 134 valence electrons. The van der Waals surface area contributed by atoms with Gasteiger partial charge in [-0.2, -0.15) is 5.10 Å². The van der Waals surface area contributed by atoms with Gasteiger partial charge >= 0.3 is 0 Å². The summed E-state index contributed by atoms with van der Waals surface area (Å²) < 4.78 is 1.78. The average molecular weight is 356 g/mol. The molecule has 0 saturated heterocycles. The van der Waals surface area contributed by atoms with Crippen LogP contribution < -0.4 is 5.32 Å². The smallest absolute Gasteiger partial charge is 0.224 e. The SMILES string of the molecule is O=C(Cc1cccc2ccccc12)NCc1ccc(Cn2cncn2)cc1. The fraction of sp³-hybridized carbons (Fsp3) is 0.136. The molecule has 3 aromatic carbocycles. The number of aromatic nitrogens is 3. The van der Waals surface area contributed by atoms with Gasteiger partial charge in [-0.25, -0.2) is 9.67 Å². The summed E-state index contributed by atoms with van der Waals surface area (Å²) in [6.07, 6.45) is 3.60. The van der Waals surface area contributed by atoms with E-state index in [1.165, 1.54) is 6.33 Å². The van der Waals surface area contributed by atoms with Crippen molar-refractivity contribution in [3.63, 3.8) is 0 Å². The van der Waals surface area contributed by atoms with Crippen LogP contribution in [0.25, 0.3) is 10.8 Å². The molecule has 27 heavy (non-hydrogen) atoms. The Morgan fingerprint density at radius 1 is 0.926 bits per heavy atom. The molecule has 4 rings (SSSR count). The minimum absolute atomic E-state index is 0.0260. The molecule has 5 nitrogen and oxygen atoms in total. The summed E-state index contributed by atoms with van der Waals surface area (Å²) in [7, 11) is 0. The maximum Gasteiger partial charge on any atom is 0.224 e. The number of carbonyl (C=O) groups is 1. The maximum absolute atomic E-state index is 12.4. The molecule has 0 aliphatic rings. The molecule has 0 aliphatic heterocycles. The zero-order chi connectivity index (χ0) is 18.5. The first-order valence-corrected chi connectivity index (χ1v) is 8.91. The minimum Gasteiger partial charge on any atom is -0.352 e. The van der Waals surface area contributed by atoms with Crippen LogP contribution in [-0.2, 0) is 24.3 Å². The predicted octanol–water partition coefficient (Wildman–Crippen LogP) is 3.34. The minimum atomic E-state index is 0.0260. The van der Waals surface area contributed by atoms with Gasteiger partial charge in [-0.15, -0.1) is 0 Å². The van der Waals surface area contributed by atoms with E-state index in [0.29, 0.717) is 19.5 Å². The van der Waals surface area contributed by atoms with E-state index < -0.39 is 0 Å². The Hall–Kier alpha value is -3.47. The van der Waals surface area contributed by atoms with Gasteiger partial charge in [-0.1, -0.05) is 66.7 Å². The maximum atomic E-state index is 12.4. The van der Waals surface area contributed by atoms with Crippen molar-refractivity contribution in [2.24, 2.45) is 0 Å². The van der Waals surface area contributed by atoms with E-state index >= 15 is 0 Å². The van der Waals surface area contributed by atoms with E-state index in [-0.39, 0.29) is 5.91 Å². The molecule has 1 heterocycles. The topological polar surface area (TPSA) is 59.8 Å². The fourth-order valence-corrected chi connectivity index (χ4v) is 3.15. The average Bonchev–Trinajstić information content (AvgIpc) is 3.21. The van der Waals surface area contributed by atoms with Gasteiger partial charge in [0, 0.05) is 6.54 Å². The standard InChI is InChI=1S/C22H20N4O/c27-22(12-20-6-3-5-19-4-1-2-7-21(19)20)24-13-17-8-10-18(11-9-17)14-26-16-23-15-25-26/h1-11,15-16H,12-14H2,(H,24,27). The van der Waals surface area contributed by atoms with Gasteiger partial charge in [0.15, 0.2) is 0 Å². The monoisotopic (exact) mass is 356 g/mol. The van der Waals surface area contributed by atoms with Crippen molar-refractivity contribution < 1.29 is 4.79 Å². The third kappa shape index (κ3) is 4.20. The highest BCUT2D eigenvalue weighted by Crippen LogP contribution is 2.18. The highest BCUT2D eigenvalue weighted by atomic mass is 16.1. The van der Waals surface area contributed by atoms with Crippen LogP contribution >= 0.6 is 0 Å². The summed E-state index contributed by atoms with van der Waals surface area (Å²) in [6.45, 7) is 1.21. The molecule has 0 aliphatic carbocycles. The van der Waals surface area contributed by atoms with Crippen molar-refractivity contribution in [3.05, 3.63) is 96.1 Å². The van der Waals surface area contributed by atoms with Gasteiger partial charge < -0.3 is 5.32 Å². The summed E-state index contributed by atoms with van der Waals surface area (Å²) in [4.78, 5) is 16.3. The third-order valence-corrected chi connectivity index (χ3v) is 4.55. The molecule has 0 unspecified atom stereocenters. The zero-order valence-electron chi connectivity index (χ0n) is 14.9. The second kappa shape index (κ2) is 7.83. The quantitative estimate of drug-likeness (QED) is 0.576. The Morgan fingerprint density at radius 3 is 2.52 bits per heavy atom. The summed E-state index contributed by atoms with van der Waals surface area (Å²) in [6, 6.07) is 22.4.